The van der Waals surface area contributed by atoms with Gasteiger partial charge in [0, 0.05) is 19.1 Å². The maximum Gasteiger partial charge on any atom is 0.222 e. The van der Waals surface area contributed by atoms with E-state index in [1.165, 1.54) is 0 Å². The fraction of sp³-hybridized carbons (Fsp3) is 0.929. The Hall–Kier alpha value is -0.610. The summed E-state index contributed by atoms with van der Waals surface area (Å²) in [5.74, 6) is 0.103. The third kappa shape index (κ3) is 11.9. The largest absolute Gasteiger partial charge is 0.379 e. The average molecular weight is 259 g/mol. The standard InChI is InChI=1S/C14H29NO3/c1-12(2)13(16)15-7-9-18-11-10-17-8-6-14(3,4)5/h12H,6-11H2,1-5H3,(H,15,16). The minimum atomic E-state index is 0.0331. The van der Waals surface area contributed by atoms with Gasteiger partial charge in [0.2, 0.25) is 5.91 Å². The van der Waals surface area contributed by atoms with E-state index >= 15 is 0 Å². The lowest BCUT2D eigenvalue weighted by atomic mass is 9.93. The van der Waals surface area contributed by atoms with E-state index in [1.807, 2.05) is 13.8 Å². The Morgan fingerprint density at radius 2 is 1.61 bits per heavy atom. The summed E-state index contributed by atoms with van der Waals surface area (Å²) in [5, 5.41) is 2.80. The van der Waals surface area contributed by atoms with Crippen molar-refractivity contribution in [1.82, 2.24) is 5.32 Å². The smallest absolute Gasteiger partial charge is 0.222 e. The number of amides is 1. The highest BCUT2D eigenvalue weighted by molar-refractivity contribution is 5.77. The van der Waals surface area contributed by atoms with Gasteiger partial charge >= 0.3 is 0 Å². The first-order valence-electron chi connectivity index (χ1n) is 6.76. The molecule has 4 heteroatoms. The van der Waals surface area contributed by atoms with Crippen molar-refractivity contribution < 1.29 is 14.3 Å². The first-order valence-corrected chi connectivity index (χ1v) is 6.76. The van der Waals surface area contributed by atoms with Gasteiger partial charge in [-0.15, -0.1) is 0 Å². The van der Waals surface area contributed by atoms with Crippen LogP contribution in [-0.4, -0.2) is 38.9 Å². The van der Waals surface area contributed by atoms with Gasteiger partial charge in [-0.2, -0.15) is 0 Å². The summed E-state index contributed by atoms with van der Waals surface area (Å²) < 4.78 is 10.8. The molecule has 108 valence electrons. The summed E-state index contributed by atoms with van der Waals surface area (Å²) >= 11 is 0. The minimum absolute atomic E-state index is 0.0331. The number of ether oxygens (including phenoxy) is 2. The number of nitrogens with one attached hydrogen (secondary N) is 1. The van der Waals surface area contributed by atoms with E-state index in [0.29, 0.717) is 31.8 Å². The van der Waals surface area contributed by atoms with Gasteiger partial charge in [0.05, 0.1) is 19.8 Å². The van der Waals surface area contributed by atoms with Crippen molar-refractivity contribution in [3.63, 3.8) is 0 Å². The normalized spacial score (nSPS) is 11.9. The molecule has 0 rings (SSSR count). The first-order chi connectivity index (χ1) is 8.33. The van der Waals surface area contributed by atoms with Crippen LogP contribution in [0, 0.1) is 11.3 Å². The quantitative estimate of drug-likeness (QED) is 0.646. The summed E-state index contributed by atoms with van der Waals surface area (Å²) in [4.78, 5) is 11.2. The van der Waals surface area contributed by atoms with Crippen LogP contribution in [0.5, 0.6) is 0 Å². The van der Waals surface area contributed by atoms with Crippen LogP contribution in [0.4, 0.5) is 0 Å². The predicted molar refractivity (Wildman–Crippen MR) is 73.6 cm³/mol. The summed E-state index contributed by atoms with van der Waals surface area (Å²) in [7, 11) is 0. The second kappa shape index (κ2) is 9.34. The van der Waals surface area contributed by atoms with Gasteiger partial charge in [0.15, 0.2) is 0 Å². The van der Waals surface area contributed by atoms with Crippen molar-refractivity contribution in [3.05, 3.63) is 0 Å². The van der Waals surface area contributed by atoms with Gasteiger partial charge in [-0.25, -0.2) is 0 Å². The zero-order valence-corrected chi connectivity index (χ0v) is 12.5. The molecule has 0 spiro atoms. The molecule has 4 nitrogen and oxygen atoms in total. The third-order valence-electron chi connectivity index (χ3n) is 2.44. The number of rotatable bonds is 9. The zero-order valence-electron chi connectivity index (χ0n) is 12.5. The number of carbonyl (C=O) groups is 1. The third-order valence-corrected chi connectivity index (χ3v) is 2.44. The van der Waals surface area contributed by atoms with E-state index in [4.69, 9.17) is 9.47 Å². The fourth-order valence-electron chi connectivity index (χ4n) is 1.15. The van der Waals surface area contributed by atoms with Crippen LogP contribution >= 0.6 is 0 Å². The fourth-order valence-corrected chi connectivity index (χ4v) is 1.15. The minimum Gasteiger partial charge on any atom is -0.379 e. The van der Waals surface area contributed by atoms with E-state index in [0.717, 1.165) is 13.0 Å². The van der Waals surface area contributed by atoms with Crippen molar-refractivity contribution in [2.45, 2.75) is 41.0 Å². The van der Waals surface area contributed by atoms with Crippen LogP contribution in [0.2, 0.25) is 0 Å². The van der Waals surface area contributed by atoms with Crippen LogP contribution in [0.25, 0.3) is 0 Å². The molecule has 1 amide bonds. The molecular weight excluding hydrogens is 230 g/mol. The molecule has 0 aromatic heterocycles. The van der Waals surface area contributed by atoms with Crippen LogP contribution in [0.15, 0.2) is 0 Å². The van der Waals surface area contributed by atoms with Gasteiger partial charge in [-0.05, 0) is 11.8 Å². The molecule has 0 aliphatic carbocycles. The molecule has 0 bridgehead atoms. The zero-order chi connectivity index (χ0) is 14.0. The Bertz CT molecular complexity index is 222. The predicted octanol–water partition coefficient (Wildman–Crippen LogP) is 2.23. The highest BCUT2D eigenvalue weighted by atomic mass is 16.5. The summed E-state index contributed by atoms with van der Waals surface area (Å²) in [5.41, 5.74) is 0.321. The van der Waals surface area contributed by atoms with E-state index in [2.05, 4.69) is 26.1 Å². The van der Waals surface area contributed by atoms with E-state index < -0.39 is 0 Å². The number of carbonyl (C=O) groups excluding carboxylic acids is 1. The highest BCUT2D eigenvalue weighted by Gasteiger charge is 2.09. The summed E-state index contributed by atoms with van der Waals surface area (Å²) in [6.45, 7) is 13.4. The lowest BCUT2D eigenvalue weighted by Crippen LogP contribution is -2.31. The molecule has 0 heterocycles. The van der Waals surface area contributed by atoms with Crippen LogP contribution < -0.4 is 5.32 Å². The molecule has 0 radical (unpaired) electrons. The lowest BCUT2D eigenvalue weighted by Gasteiger charge is -2.17. The average Bonchev–Trinajstić information content (AvgIpc) is 2.24. The van der Waals surface area contributed by atoms with Gasteiger partial charge < -0.3 is 14.8 Å². The van der Waals surface area contributed by atoms with E-state index in [-0.39, 0.29) is 11.8 Å². The van der Waals surface area contributed by atoms with Crippen LogP contribution in [0.3, 0.4) is 0 Å². The van der Waals surface area contributed by atoms with Crippen molar-refractivity contribution in [3.8, 4) is 0 Å². The molecule has 0 atom stereocenters. The van der Waals surface area contributed by atoms with Gasteiger partial charge in [-0.3, -0.25) is 4.79 Å². The molecular formula is C14H29NO3. The number of hydrogen-bond acceptors (Lipinski definition) is 3. The maximum atomic E-state index is 11.2. The first kappa shape index (κ1) is 17.4. The van der Waals surface area contributed by atoms with Crippen LogP contribution in [0.1, 0.15) is 41.0 Å². The monoisotopic (exact) mass is 259 g/mol. The molecule has 0 aromatic rings. The lowest BCUT2D eigenvalue weighted by molar-refractivity contribution is -0.124. The summed E-state index contributed by atoms with van der Waals surface area (Å²) in [6.07, 6.45) is 1.05. The maximum absolute atomic E-state index is 11.2. The molecule has 0 fully saturated rings. The van der Waals surface area contributed by atoms with Crippen molar-refractivity contribution in [2.24, 2.45) is 11.3 Å². The molecule has 0 aliphatic rings. The SMILES string of the molecule is CC(C)C(=O)NCCOCCOCCC(C)(C)C. The highest BCUT2D eigenvalue weighted by Crippen LogP contribution is 2.17. The summed E-state index contributed by atoms with van der Waals surface area (Å²) in [6, 6.07) is 0. The van der Waals surface area contributed by atoms with Crippen molar-refractivity contribution in [1.29, 1.82) is 0 Å². The number of hydrogen-bond donors (Lipinski definition) is 1. The van der Waals surface area contributed by atoms with Crippen LogP contribution in [-0.2, 0) is 14.3 Å². The molecule has 0 aromatic carbocycles. The molecule has 0 unspecified atom stereocenters. The Kier molecular flexibility index (Phi) is 9.02. The Morgan fingerprint density at radius 3 is 2.11 bits per heavy atom. The Labute approximate surface area is 111 Å². The molecule has 0 aliphatic heterocycles. The van der Waals surface area contributed by atoms with Crippen molar-refractivity contribution >= 4 is 5.91 Å². The molecule has 18 heavy (non-hydrogen) atoms. The molecule has 0 saturated carbocycles. The van der Waals surface area contributed by atoms with E-state index in [1.54, 1.807) is 0 Å². The second-order valence-corrected chi connectivity index (χ2v) is 5.98. The molecule has 1 N–H and O–H groups in total. The van der Waals surface area contributed by atoms with E-state index in [9.17, 15) is 4.79 Å². The Balaban J connectivity index is 3.20. The Morgan fingerprint density at radius 1 is 1.06 bits per heavy atom. The second-order valence-electron chi connectivity index (χ2n) is 5.98. The van der Waals surface area contributed by atoms with Crippen molar-refractivity contribution in [2.75, 3.05) is 33.0 Å². The van der Waals surface area contributed by atoms with Gasteiger partial charge in [0.1, 0.15) is 0 Å². The molecule has 0 saturated heterocycles. The van der Waals surface area contributed by atoms with Gasteiger partial charge in [-0.1, -0.05) is 34.6 Å². The topological polar surface area (TPSA) is 47.6 Å². The van der Waals surface area contributed by atoms with Gasteiger partial charge in [0.25, 0.3) is 0 Å².